The standard InChI is InChI=1S/C14H19NO2/c1-3-4-5-11-17-14-12(9-10-15)7-6-8-13(14)16-2/h6-8H,5,9-11,15H2,1-2H3. The summed E-state index contributed by atoms with van der Waals surface area (Å²) in [4.78, 5) is 0. The lowest BCUT2D eigenvalue weighted by molar-refractivity contribution is 0.298. The Labute approximate surface area is 103 Å². The van der Waals surface area contributed by atoms with Gasteiger partial charge in [0.15, 0.2) is 11.5 Å². The van der Waals surface area contributed by atoms with E-state index in [9.17, 15) is 0 Å². The van der Waals surface area contributed by atoms with Crippen LogP contribution in [0.5, 0.6) is 11.5 Å². The predicted molar refractivity (Wildman–Crippen MR) is 69.3 cm³/mol. The molecule has 0 aliphatic rings. The summed E-state index contributed by atoms with van der Waals surface area (Å²) in [5, 5.41) is 0. The van der Waals surface area contributed by atoms with E-state index in [1.54, 1.807) is 7.11 Å². The van der Waals surface area contributed by atoms with Crippen LogP contribution in [0.1, 0.15) is 18.9 Å². The van der Waals surface area contributed by atoms with Gasteiger partial charge in [-0.3, -0.25) is 0 Å². The second-order valence-corrected chi connectivity index (χ2v) is 3.51. The van der Waals surface area contributed by atoms with E-state index in [2.05, 4.69) is 11.8 Å². The summed E-state index contributed by atoms with van der Waals surface area (Å²) in [5.74, 6) is 7.35. The maximum atomic E-state index is 5.73. The van der Waals surface area contributed by atoms with Crippen molar-refractivity contribution in [2.24, 2.45) is 5.73 Å². The molecule has 0 atom stereocenters. The highest BCUT2D eigenvalue weighted by atomic mass is 16.5. The molecule has 0 radical (unpaired) electrons. The highest BCUT2D eigenvalue weighted by molar-refractivity contribution is 5.46. The zero-order chi connectivity index (χ0) is 12.5. The van der Waals surface area contributed by atoms with Crippen molar-refractivity contribution in [3.63, 3.8) is 0 Å². The SMILES string of the molecule is CC#CCCOc1c(CCN)cccc1OC. The van der Waals surface area contributed by atoms with E-state index in [-0.39, 0.29) is 0 Å². The van der Waals surface area contributed by atoms with Crippen LogP contribution in [0.3, 0.4) is 0 Å². The number of benzene rings is 1. The molecule has 0 aliphatic carbocycles. The molecule has 0 fully saturated rings. The first-order valence-electron chi connectivity index (χ1n) is 5.71. The Balaban J connectivity index is 2.79. The van der Waals surface area contributed by atoms with Crippen LogP contribution in [0, 0.1) is 11.8 Å². The maximum absolute atomic E-state index is 5.73. The first kappa shape index (κ1) is 13.4. The lowest BCUT2D eigenvalue weighted by Gasteiger charge is -2.13. The molecular weight excluding hydrogens is 214 g/mol. The zero-order valence-corrected chi connectivity index (χ0v) is 10.5. The van der Waals surface area contributed by atoms with Gasteiger partial charge in [-0.15, -0.1) is 11.8 Å². The fraction of sp³-hybridized carbons (Fsp3) is 0.429. The summed E-state index contributed by atoms with van der Waals surface area (Å²) in [6.45, 7) is 2.99. The van der Waals surface area contributed by atoms with E-state index in [0.717, 1.165) is 29.9 Å². The van der Waals surface area contributed by atoms with Crippen molar-refractivity contribution in [1.29, 1.82) is 0 Å². The lowest BCUT2D eigenvalue weighted by Crippen LogP contribution is -2.07. The van der Waals surface area contributed by atoms with Crippen molar-refractivity contribution in [2.45, 2.75) is 19.8 Å². The summed E-state index contributed by atoms with van der Waals surface area (Å²) in [6, 6.07) is 5.85. The van der Waals surface area contributed by atoms with Crippen LogP contribution in [-0.4, -0.2) is 20.3 Å². The number of para-hydroxylation sites is 1. The number of ether oxygens (including phenoxy) is 2. The van der Waals surface area contributed by atoms with Crippen molar-refractivity contribution < 1.29 is 9.47 Å². The van der Waals surface area contributed by atoms with E-state index < -0.39 is 0 Å². The van der Waals surface area contributed by atoms with Crippen LogP contribution in [0.15, 0.2) is 18.2 Å². The predicted octanol–water partition coefficient (Wildman–Crippen LogP) is 1.99. The first-order valence-corrected chi connectivity index (χ1v) is 5.71. The van der Waals surface area contributed by atoms with Crippen molar-refractivity contribution in [3.8, 4) is 23.3 Å². The molecule has 0 amide bonds. The topological polar surface area (TPSA) is 44.5 Å². The summed E-state index contributed by atoms with van der Waals surface area (Å²) in [7, 11) is 1.64. The third-order valence-electron chi connectivity index (χ3n) is 2.34. The van der Waals surface area contributed by atoms with Gasteiger partial charge < -0.3 is 15.2 Å². The van der Waals surface area contributed by atoms with Gasteiger partial charge in [0.25, 0.3) is 0 Å². The van der Waals surface area contributed by atoms with E-state index in [1.807, 2.05) is 25.1 Å². The van der Waals surface area contributed by atoms with Crippen molar-refractivity contribution in [2.75, 3.05) is 20.3 Å². The second-order valence-electron chi connectivity index (χ2n) is 3.51. The Hall–Kier alpha value is -1.66. The molecule has 0 heterocycles. The average molecular weight is 233 g/mol. The van der Waals surface area contributed by atoms with Gasteiger partial charge >= 0.3 is 0 Å². The molecule has 92 valence electrons. The molecule has 2 N–H and O–H groups in total. The third kappa shape index (κ3) is 4.01. The molecule has 0 spiro atoms. The van der Waals surface area contributed by atoms with Gasteiger partial charge in [-0.1, -0.05) is 12.1 Å². The number of rotatable bonds is 6. The molecule has 1 aromatic carbocycles. The molecule has 1 aromatic rings. The summed E-state index contributed by atoms with van der Waals surface area (Å²) >= 11 is 0. The summed E-state index contributed by atoms with van der Waals surface area (Å²) in [5.41, 5.74) is 6.66. The van der Waals surface area contributed by atoms with E-state index >= 15 is 0 Å². The summed E-state index contributed by atoms with van der Waals surface area (Å²) < 4.78 is 11.0. The monoisotopic (exact) mass is 233 g/mol. The molecule has 3 nitrogen and oxygen atoms in total. The Morgan fingerprint density at radius 1 is 1.35 bits per heavy atom. The average Bonchev–Trinajstić information content (AvgIpc) is 2.36. The van der Waals surface area contributed by atoms with E-state index in [0.29, 0.717) is 13.2 Å². The van der Waals surface area contributed by atoms with Crippen molar-refractivity contribution in [3.05, 3.63) is 23.8 Å². The lowest BCUT2D eigenvalue weighted by atomic mass is 10.1. The molecule has 0 unspecified atom stereocenters. The van der Waals surface area contributed by atoms with Gasteiger partial charge in [0, 0.05) is 6.42 Å². The van der Waals surface area contributed by atoms with Gasteiger partial charge in [0.2, 0.25) is 0 Å². The quantitative estimate of drug-likeness (QED) is 0.603. The van der Waals surface area contributed by atoms with E-state index in [4.69, 9.17) is 15.2 Å². The number of nitrogens with two attached hydrogens (primary N) is 1. The van der Waals surface area contributed by atoms with E-state index in [1.165, 1.54) is 0 Å². The molecular formula is C14H19NO2. The molecule has 1 rings (SSSR count). The maximum Gasteiger partial charge on any atom is 0.164 e. The Morgan fingerprint density at radius 3 is 2.82 bits per heavy atom. The Bertz CT molecular complexity index is 404. The molecule has 3 heteroatoms. The molecule has 0 bridgehead atoms. The number of methoxy groups -OCH3 is 1. The molecule has 0 saturated heterocycles. The third-order valence-corrected chi connectivity index (χ3v) is 2.34. The number of hydrogen-bond acceptors (Lipinski definition) is 3. The Kier molecular flexibility index (Phi) is 5.98. The molecule has 17 heavy (non-hydrogen) atoms. The van der Waals surface area contributed by atoms with Gasteiger partial charge in [0.1, 0.15) is 0 Å². The normalized spacial score (nSPS) is 9.35. The minimum atomic E-state index is 0.568. The zero-order valence-electron chi connectivity index (χ0n) is 10.5. The van der Waals surface area contributed by atoms with Gasteiger partial charge in [0.05, 0.1) is 13.7 Å². The highest BCUT2D eigenvalue weighted by Gasteiger charge is 2.09. The smallest absolute Gasteiger partial charge is 0.164 e. The van der Waals surface area contributed by atoms with Crippen molar-refractivity contribution in [1.82, 2.24) is 0 Å². The minimum Gasteiger partial charge on any atom is -0.493 e. The van der Waals surface area contributed by atoms with Crippen LogP contribution < -0.4 is 15.2 Å². The van der Waals surface area contributed by atoms with Crippen LogP contribution in [0.2, 0.25) is 0 Å². The van der Waals surface area contributed by atoms with Crippen molar-refractivity contribution >= 4 is 0 Å². The summed E-state index contributed by atoms with van der Waals surface area (Å²) in [6.07, 6.45) is 1.50. The van der Waals surface area contributed by atoms with Gasteiger partial charge in [-0.25, -0.2) is 0 Å². The van der Waals surface area contributed by atoms with Crippen LogP contribution in [-0.2, 0) is 6.42 Å². The highest BCUT2D eigenvalue weighted by Crippen LogP contribution is 2.31. The molecule has 0 aliphatic heterocycles. The van der Waals surface area contributed by atoms with Crippen LogP contribution >= 0.6 is 0 Å². The largest absolute Gasteiger partial charge is 0.493 e. The van der Waals surface area contributed by atoms with Crippen LogP contribution in [0.25, 0.3) is 0 Å². The number of hydrogen-bond donors (Lipinski definition) is 1. The second kappa shape index (κ2) is 7.59. The Morgan fingerprint density at radius 2 is 2.18 bits per heavy atom. The van der Waals surface area contributed by atoms with Gasteiger partial charge in [-0.05, 0) is 31.5 Å². The molecule has 0 saturated carbocycles. The minimum absolute atomic E-state index is 0.568. The molecule has 0 aromatic heterocycles. The van der Waals surface area contributed by atoms with Gasteiger partial charge in [-0.2, -0.15) is 0 Å². The fourth-order valence-corrected chi connectivity index (χ4v) is 1.57. The first-order chi connectivity index (χ1) is 8.33. The van der Waals surface area contributed by atoms with Crippen LogP contribution in [0.4, 0.5) is 0 Å². The fourth-order valence-electron chi connectivity index (χ4n) is 1.57.